The van der Waals surface area contributed by atoms with Crippen LogP contribution < -0.4 is 5.32 Å². The summed E-state index contributed by atoms with van der Waals surface area (Å²) >= 11 is 0. The van der Waals surface area contributed by atoms with Crippen molar-refractivity contribution >= 4 is 11.6 Å². The molecule has 3 aromatic heterocycles. The second-order valence-corrected chi connectivity index (χ2v) is 6.37. The lowest BCUT2D eigenvalue weighted by Crippen LogP contribution is -2.34. The second-order valence-electron chi connectivity index (χ2n) is 6.37. The van der Waals surface area contributed by atoms with Gasteiger partial charge in [-0.2, -0.15) is 0 Å². The van der Waals surface area contributed by atoms with Crippen molar-refractivity contribution in [3.63, 3.8) is 0 Å². The Hall–Kier alpha value is -2.87. The number of carbonyl (C=O) groups excluding carboxylic acids is 1. The fourth-order valence-electron chi connectivity index (χ4n) is 3.12. The van der Waals surface area contributed by atoms with Gasteiger partial charge in [-0.3, -0.25) is 9.78 Å². The number of rotatable bonds is 2. The van der Waals surface area contributed by atoms with Gasteiger partial charge in [-0.15, -0.1) is 0 Å². The first kappa shape index (κ1) is 16.6. The van der Waals surface area contributed by atoms with E-state index in [4.69, 9.17) is 0 Å². The highest BCUT2D eigenvalue weighted by molar-refractivity contribution is 5.92. The molecule has 3 aromatic rings. The Morgan fingerprint density at radius 2 is 2.08 bits per heavy atom. The number of pyridine rings is 1. The number of aromatic nitrogens is 4. The normalized spacial score (nSPS) is 15.2. The van der Waals surface area contributed by atoms with E-state index in [-0.39, 0.29) is 11.6 Å². The summed E-state index contributed by atoms with van der Waals surface area (Å²) in [5.74, 6) is -0.547. The van der Waals surface area contributed by atoms with Crippen LogP contribution in [0.2, 0.25) is 0 Å². The van der Waals surface area contributed by atoms with Gasteiger partial charge in [-0.05, 0) is 26.0 Å². The Bertz CT molecular complexity index is 944. The van der Waals surface area contributed by atoms with E-state index in [0.29, 0.717) is 30.0 Å². The molecule has 0 aliphatic carbocycles. The third-order valence-electron chi connectivity index (χ3n) is 4.42. The summed E-state index contributed by atoms with van der Waals surface area (Å²) in [6.07, 6.45) is 7.39. The predicted molar refractivity (Wildman–Crippen MR) is 94.3 cm³/mol. The number of carbonyl (C=O) groups is 1. The topological polar surface area (TPSA) is 75.4 Å². The van der Waals surface area contributed by atoms with E-state index in [1.165, 1.54) is 18.5 Å². The summed E-state index contributed by atoms with van der Waals surface area (Å²) in [6, 6.07) is 1.38. The highest BCUT2D eigenvalue weighted by atomic mass is 19.1. The number of nitrogens with zero attached hydrogens (tertiary/aromatic N) is 5. The van der Waals surface area contributed by atoms with Gasteiger partial charge in [0.2, 0.25) is 0 Å². The molecule has 134 valence electrons. The fraction of sp³-hybridized carbons (Fsp3) is 0.333. The zero-order valence-electron chi connectivity index (χ0n) is 14.4. The van der Waals surface area contributed by atoms with Gasteiger partial charge in [0.25, 0.3) is 5.91 Å². The largest absolute Gasteiger partial charge is 0.336 e. The summed E-state index contributed by atoms with van der Waals surface area (Å²) in [6.45, 7) is 4.86. The third-order valence-corrected chi connectivity index (χ3v) is 4.42. The molecule has 0 saturated carbocycles. The van der Waals surface area contributed by atoms with Crippen LogP contribution in [-0.4, -0.2) is 56.3 Å². The molecule has 8 heteroatoms. The average molecular weight is 354 g/mol. The van der Waals surface area contributed by atoms with Crippen molar-refractivity contribution in [2.45, 2.75) is 13.3 Å². The maximum Gasteiger partial charge on any atom is 0.274 e. The van der Waals surface area contributed by atoms with E-state index in [2.05, 4.69) is 20.3 Å². The molecule has 0 bridgehead atoms. The molecule has 1 fully saturated rings. The Morgan fingerprint density at radius 3 is 2.88 bits per heavy atom. The average Bonchev–Trinajstić information content (AvgIpc) is 2.85. The molecular formula is C18H19FN6O. The van der Waals surface area contributed by atoms with Crippen LogP contribution in [0.5, 0.6) is 0 Å². The lowest BCUT2D eigenvalue weighted by atomic mass is 10.2. The molecule has 0 atom stereocenters. The summed E-state index contributed by atoms with van der Waals surface area (Å²) in [4.78, 5) is 27.0. The zero-order valence-corrected chi connectivity index (χ0v) is 14.4. The number of fused-ring (bicyclic) bond motifs is 1. The van der Waals surface area contributed by atoms with Gasteiger partial charge in [-0.1, -0.05) is 0 Å². The van der Waals surface area contributed by atoms with Crippen LogP contribution in [0.25, 0.3) is 16.9 Å². The molecule has 7 nitrogen and oxygen atoms in total. The summed E-state index contributed by atoms with van der Waals surface area (Å²) in [7, 11) is 0. The molecule has 1 aliphatic heterocycles. The quantitative estimate of drug-likeness (QED) is 0.758. The number of imidazole rings is 1. The first-order valence-corrected chi connectivity index (χ1v) is 8.59. The standard InChI is InChI=1S/C18H19FN6O/c1-12-10-25-11-13(7-14(19)17(25)23-12)15-8-22-16(9-21-15)18(26)24-5-2-3-20-4-6-24/h7-11,20H,2-6H2,1H3. The molecule has 0 unspecified atom stereocenters. The smallest absolute Gasteiger partial charge is 0.274 e. The number of aryl methyl sites for hydroxylation is 1. The van der Waals surface area contributed by atoms with E-state index in [1.807, 2.05) is 6.92 Å². The summed E-state index contributed by atoms with van der Waals surface area (Å²) < 4.78 is 15.9. The van der Waals surface area contributed by atoms with Crippen LogP contribution in [0.3, 0.4) is 0 Å². The predicted octanol–water partition coefficient (Wildman–Crippen LogP) is 1.67. The van der Waals surface area contributed by atoms with Crippen molar-refractivity contribution in [3.05, 3.63) is 48.1 Å². The third kappa shape index (κ3) is 3.15. The van der Waals surface area contributed by atoms with Crippen molar-refractivity contribution in [1.82, 2.24) is 29.6 Å². The highest BCUT2D eigenvalue weighted by Gasteiger charge is 2.19. The minimum absolute atomic E-state index is 0.125. The first-order valence-electron chi connectivity index (χ1n) is 8.59. The maximum atomic E-state index is 14.2. The lowest BCUT2D eigenvalue weighted by Gasteiger charge is -2.19. The number of nitrogens with one attached hydrogen (secondary N) is 1. The Morgan fingerprint density at radius 1 is 1.19 bits per heavy atom. The van der Waals surface area contributed by atoms with Gasteiger partial charge >= 0.3 is 0 Å². The van der Waals surface area contributed by atoms with E-state index >= 15 is 0 Å². The Balaban J connectivity index is 1.60. The molecule has 26 heavy (non-hydrogen) atoms. The Kier molecular flexibility index (Phi) is 4.34. The number of halogens is 1. The molecular weight excluding hydrogens is 335 g/mol. The monoisotopic (exact) mass is 354 g/mol. The summed E-state index contributed by atoms with van der Waals surface area (Å²) in [5, 5.41) is 3.26. The first-order chi connectivity index (χ1) is 12.6. The van der Waals surface area contributed by atoms with Crippen LogP contribution in [0.4, 0.5) is 4.39 Å². The van der Waals surface area contributed by atoms with E-state index in [1.54, 1.807) is 21.7 Å². The SMILES string of the molecule is Cc1cn2cc(-c3cnc(C(=O)N4CCCNCC4)cn3)cc(F)c2n1. The van der Waals surface area contributed by atoms with Crippen molar-refractivity contribution in [1.29, 1.82) is 0 Å². The summed E-state index contributed by atoms with van der Waals surface area (Å²) in [5.41, 5.74) is 2.40. The minimum atomic E-state index is -0.422. The minimum Gasteiger partial charge on any atom is -0.336 e. The van der Waals surface area contributed by atoms with E-state index in [9.17, 15) is 9.18 Å². The second kappa shape index (κ2) is 6.80. The van der Waals surface area contributed by atoms with Crippen molar-refractivity contribution in [2.75, 3.05) is 26.2 Å². The molecule has 0 spiro atoms. The molecule has 4 heterocycles. The van der Waals surface area contributed by atoms with Crippen LogP contribution in [0.15, 0.2) is 30.9 Å². The van der Waals surface area contributed by atoms with Gasteiger partial charge < -0.3 is 14.6 Å². The molecule has 4 rings (SSSR count). The van der Waals surface area contributed by atoms with Crippen molar-refractivity contribution in [2.24, 2.45) is 0 Å². The maximum absolute atomic E-state index is 14.2. The van der Waals surface area contributed by atoms with Crippen LogP contribution in [0.1, 0.15) is 22.6 Å². The van der Waals surface area contributed by atoms with Gasteiger partial charge in [0.1, 0.15) is 5.69 Å². The molecule has 0 aromatic carbocycles. The highest BCUT2D eigenvalue weighted by Crippen LogP contribution is 2.20. The van der Waals surface area contributed by atoms with Crippen LogP contribution >= 0.6 is 0 Å². The van der Waals surface area contributed by atoms with Gasteiger partial charge in [0, 0.05) is 37.6 Å². The van der Waals surface area contributed by atoms with E-state index < -0.39 is 5.82 Å². The van der Waals surface area contributed by atoms with Crippen LogP contribution in [-0.2, 0) is 0 Å². The lowest BCUT2D eigenvalue weighted by molar-refractivity contribution is 0.0760. The van der Waals surface area contributed by atoms with Crippen LogP contribution in [0, 0.1) is 12.7 Å². The molecule has 1 amide bonds. The zero-order chi connectivity index (χ0) is 18.1. The number of amides is 1. The van der Waals surface area contributed by atoms with Crippen molar-refractivity contribution in [3.8, 4) is 11.3 Å². The fourth-order valence-corrected chi connectivity index (χ4v) is 3.12. The molecule has 1 saturated heterocycles. The van der Waals surface area contributed by atoms with Crippen molar-refractivity contribution < 1.29 is 9.18 Å². The molecule has 0 radical (unpaired) electrons. The number of hydrogen-bond acceptors (Lipinski definition) is 5. The number of hydrogen-bond donors (Lipinski definition) is 1. The van der Waals surface area contributed by atoms with Gasteiger partial charge in [0.05, 0.1) is 23.8 Å². The molecule has 1 aliphatic rings. The van der Waals surface area contributed by atoms with Gasteiger partial charge in [0.15, 0.2) is 11.5 Å². The Labute approximate surface area is 149 Å². The van der Waals surface area contributed by atoms with E-state index in [0.717, 1.165) is 25.2 Å². The molecule has 1 N–H and O–H groups in total. The van der Waals surface area contributed by atoms with Gasteiger partial charge in [-0.25, -0.2) is 14.4 Å².